The number of carbonyl (C=O) groups is 1. The molecule has 1 N–H and O–H groups in total. The number of carbonyl (C=O) groups excluding carboxylic acids is 1. The molecule has 5 nitrogen and oxygen atoms in total. The maximum Gasteiger partial charge on any atom is 0.227 e. The van der Waals surface area contributed by atoms with Crippen molar-refractivity contribution in [2.75, 3.05) is 19.6 Å². The molecule has 160 valence electrons. The molecule has 0 spiro atoms. The Morgan fingerprint density at radius 1 is 1.06 bits per heavy atom. The van der Waals surface area contributed by atoms with E-state index >= 15 is 0 Å². The summed E-state index contributed by atoms with van der Waals surface area (Å²) >= 11 is 0. The number of benzene rings is 1. The number of pyridine rings is 2. The van der Waals surface area contributed by atoms with Crippen molar-refractivity contribution in [3.8, 4) is 11.1 Å². The van der Waals surface area contributed by atoms with Gasteiger partial charge < -0.3 is 5.32 Å². The fourth-order valence-electron chi connectivity index (χ4n) is 4.71. The zero-order chi connectivity index (χ0) is 21.5. The summed E-state index contributed by atoms with van der Waals surface area (Å²) in [7, 11) is 0. The molecule has 0 radical (unpaired) electrons. The van der Waals surface area contributed by atoms with Gasteiger partial charge in [0.15, 0.2) is 0 Å². The predicted octanol–water partition coefficient (Wildman–Crippen LogP) is 4.10. The van der Waals surface area contributed by atoms with Crippen LogP contribution in [0.15, 0.2) is 73.3 Å². The van der Waals surface area contributed by atoms with Gasteiger partial charge in [-0.2, -0.15) is 0 Å². The summed E-state index contributed by atoms with van der Waals surface area (Å²) < 4.78 is 0. The molecule has 2 aromatic heterocycles. The van der Waals surface area contributed by atoms with E-state index in [4.69, 9.17) is 0 Å². The monoisotopic (exact) mass is 414 g/mol. The van der Waals surface area contributed by atoms with Crippen LogP contribution in [0.25, 0.3) is 11.1 Å². The van der Waals surface area contributed by atoms with Crippen molar-refractivity contribution in [2.45, 2.75) is 32.7 Å². The Bertz CT molecular complexity index is 993. The van der Waals surface area contributed by atoms with Gasteiger partial charge in [0.2, 0.25) is 5.91 Å². The third-order valence-electron chi connectivity index (χ3n) is 6.15. The van der Waals surface area contributed by atoms with Crippen LogP contribution >= 0.6 is 0 Å². The molecule has 1 aliphatic heterocycles. The smallest absolute Gasteiger partial charge is 0.227 e. The fraction of sp³-hybridized carbons (Fsp3) is 0.346. The number of nitrogens with zero attached hydrogens (tertiary/aromatic N) is 3. The van der Waals surface area contributed by atoms with Crippen LogP contribution < -0.4 is 5.32 Å². The minimum Gasteiger partial charge on any atom is -0.356 e. The summed E-state index contributed by atoms with van der Waals surface area (Å²) in [6.45, 7) is 5.24. The molecule has 0 aliphatic carbocycles. The lowest BCUT2D eigenvalue weighted by Gasteiger charge is -2.42. The van der Waals surface area contributed by atoms with E-state index in [0.29, 0.717) is 6.54 Å². The second-order valence-corrected chi connectivity index (χ2v) is 8.39. The number of amides is 1. The standard InChI is InChI=1S/C26H30N4O/c1-2-29-25(31)26(12-6-16-30(20-26)19-21-10-14-27-15-11-21)17-22-7-3-4-9-24(22)23-8-5-13-28-18-23/h3-5,7-11,13-15,18H,2,6,12,16-17,19-20H2,1H3,(H,29,31)/t26-/m1/s1. The van der Waals surface area contributed by atoms with Gasteiger partial charge >= 0.3 is 0 Å². The molecule has 1 aliphatic rings. The lowest BCUT2D eigenvalue weighted by Crippen LogP contribution is -2.53. The molecule has 1 saturated heterocycles. The summed E-state index contributed by atoms with van der Waals surface area (Å²) in [5, 5.41) is 3.13. The number of likely N-dealkylation sites (tertiary alicyclic amines) is 1. The minimum atomic E-state index is -0.445. The van der Waals surface area contributed by atoms with E-state index in [1.165, 1.54) is 11.1 Å². The number of hydrogen-bond acceptors (Lipinski definition) is 4. The van der Waals surface area contributed by atoms with Gasteiger partial charge in [-0.15, -0.1) is 0 Å². The zero-order valence-corrected chi connectivity index (χ0v) is 18.1. The third-order valence-corrected chi connectivity index (χ3v) is 6.15. The zero-order valence-electron chi connectivity index (χ0n) is 18.1. The van der Waals surface area contributed by atoms with E-state index in [-0.39, 0.29) is 5.91 Å². The summed E-state index contributed by atoms with van der Waals surface area (Å²) in [6.07, 6.45) is 9.98. The highest BCUT2D eigenvalue weighted by atomic mass is 16.2. The van der Waals surface area contributed by atoms with Crippen molar-refractivity contribution in [3.05, 3.63) is 84.4 Å². The molecule has 3 heterocycles. The quantitative estimate of drug-likeness (QED) is 0.632. The molecular formula is C26H30N4O. The van der Waals surface area contributed by atoms with Crippen LogP contribution in [-0.4, -0.2) is 40.4 Å². The Morgan fingerprint density at radius 2 is 1.90 bits per heavy atom. The summed E-state index contributed by atoms with van der Waals surface area (Å²) in [4.78, 5) is 24.3. The van der Waals surface area contributed by atoms with Crippen molar-refractivity contribution in [1.82, 2.24) is 20.2 Å². The van der Waals surface area contributed by atoms with Gasteiger partial charge in [0.25, 0.3) is 0 Å². The molecule has 1 fully saturated rings. The second-order valence-electron chi connectivity index (χ2n) is 8.39. The SMILES string of the molecule is CCNC(=O)[C@@]1(Cc2ccccc2-c2cccnc2)CCCN(Cc2ccncc2)C1. The number of piperidine rings is 1. The topological polar surface area (TPSA) is 58.1 Å². The summed E-state index contributed by atoms with van der Waals surface area (Å²) in [5.41, 5.74) is 4.24. The first-order valence-corrected chi connectivity index (χ1v) is 11.1. The van der Waals surface area contributed by atoms with Crippen LogP contribution in [-0.2, 0) is 17.8 Å². The molecule has 0 unspecified atom stereocenters. The minimum absolute atomic E-state index is 0.162. The molecule has 1 amide bonds. The molecular weight excluding hydrogens is 384 g/mol. The lowest BCUT2D eigenvalue weighted by atomic mass is 9.73. The highest BCUT2D eigenvalue weighted by Crippen LogP contribution is 2.37. The Hall–Kier alpha value is -3.05. The van der Waals surface area contributed by atoms with Crippen molar-refractivity contribution < 1.29 is 4.79 Å². The molecule has 1 aromatic carbocycles. The van der Waals surface area contributed by atoms with Gasteiger partial charge in [0.1, 0.15) is 0 Å². The summed E-state index contributed by atoms with van der Waals surface area (Å²) in [5.74, 6) is 0.162. The van der Waals surface area contributed by atoms with E-state index in [9.17, 15) is 4.79 Å². The maximum absolute atomic E-state index is 13.4. The van der Waals surface area contributed by atoms with E-state index in [1.807, 2.05) is 31.6 Å². The Balaban J connectivity index is 1.64. The van der Waals surface area contributed by atoms with E-state index in [1.54, 1.807) is 6.20 Å². The van der Waals surface area contributed by atoms with Crippen LogP contribution in [0, 0.1) is 5.41 Å². The molecule has 1 atom stereocenters. The number of hydrogen-bond donors (Lipinski definition) is 1. The average molecular weight is 415 g/mol. The van der Waals surface area contributed by atoms with E-state index in [0.717, 1.165) is 50.0 Å². The maximum atomic E-state index is 13.4. The van der Waals surface area contributed by atoms with Crippen LogP contribution in [0.1, 0.15) is 30.9 Å². The van der Waals surface area contributed by atoms with Crippen molar-refractivity contribution in [1.29, 1.82) is 0 Å². The predicted molar refractivity (Wildman–Crippen MR) is 123 cm³/mol. The van der Waals surface area contributed by atoms with E-state index < -0.39 is 5.41 Å². The second kappa shape index (κ2) is 9.84. The van der Waals surface area contributed by atoms with Crippen molar-refractivity contribution >= 4 is 5.91 Å². The van der Waals surface area contributed by atoms with Crippen LogP contribution in [0.5, 0.6) is 0 Å². The largest absolute Gasteiger partial charge is 0.356 e. The van der Waals surface area contributed by atoms with E-state index in [2.05, 4.69) is 62.6 Å². The van der Waals surface area contributed by atoms with Crippen molar-refractivity contribution in [3.63, 3.8) is 0 Å². The summed E-state index contributed by atoms with van der Waals surface area (Å²) in [6, 6.07) is 16.6. The first kappa shape index (κ1) is 21.2. The van der Waals surface area contributed by atoms with Crippen molar-refractivity contribution in [2.24, 2.45) is 5.41 Å². The number of nitrogens with one attached hydrogen (secondary N) is 1. The lowest BCUT2D eigenvalue weighted by molar-refractivity contribution is -0.134. The first-order chi connectivity index (χ1) is 15.2. The Kier molecular flexibility index (Phi) is 6.73. The molecule has 5 heteroatoms. The van der Waals surface area contributed by atoms with Crippen LogP contribution in [0.4, 0.5) is 0 Å². The Labute approximate surface area is 184 Å². The average Bonchev–Trinajstić information content (AvgIpc) is 2.81. The number of rotatable bonds is 7. The van der Waals surface area contributed by atoms with Gasteiger partial charge in [-0.05, 0) is 67.6 Å². The molecule has 0 saturated carbocycles. The fourth-order valence-corrected chi connectivity index (χ4v) is 4.71. The third kappa shape index (κ3) is 5.00. The van der Waals surface area contributed by atoms with Crippen LogP contribution in [0.3, 0.4) is 0 Å². The van der Waals surface area contributed by atoms with Crippen LogP contribution in [0.2, 0.25) is 0 Å². The first-order valence-electron chi connectivity index (χ1n) is 11.1. The van der Waals surface area contributed by atoms with Gasteiger partial charge in [0.05, 0.1) is 5.41 Å². The molecule has 4 rings (SSSR count). The highest BCUT2D eigenvalue weighted by Gasteiger charge is 2.42. The van der Waals surface area contributed by atoms with Gasteiger partial charge in [-0.3, -0.25) is 19.7 Å². The molecule has 31 heavy (non-hydrogen) atoms. The number of aromatic nitrogens is 2. The van der Waals surface area contributed by atoms with Gasteiger partial charge in [-0.1, -0.05) is 30.3 Å². The molecule has 0 bridgehead atoms. The Morgan fingerprint density at radius 3 is 2.68 bits per heavy atom. The highest BCUT2D eigenvalue weighted by molar-refractivity contribution is 5.84. The molecule has 3 aromatic rings. The van der Waals surface area contributed by atoms with Gasteiger partial charge in [-0.25, -0.2) is 0 Å². The van der Waals surface area contributed by atoms with Gasteiger partial charge in [0, 0.05) is 50.0 Å². The normalized spacial score (nSPS) is 19.1.